The molecule has 20 heavy (non-hydrogen) atoms. The molecule has 5 heteroatoms. The Kier molecular flexibility index (Phi) is 3.02. The summed E-state index contributed by atoms with van der Waals surface area (Å²) in [6.45, 7) is 0. The third-order valence-electron chi connectivity index (χ3n) is 3.62. The Labute approximate surface area is 116 Å². The Hall–Kier alpha value is -2.56. The topological polar surface area (TPSA) is 81.2 Å². The van der Waals surface area contributed by atoms with Crippen molar-refractivity contribution in [2.45, 2.75) is 19.3 Å². The van der Waals surface area contributed by atoms with Crippen LogP contribution in [0.4, 0.5) is 22.7 Å². The van der Waals surface area contributed by atoms with E-state index in [2.05, 4.69) is 17.4 Å². The molecule has 0 radical (unpaired) electrons. The number of nitrogens with one attached hydrogen (secondary N) is 1. The Morgan fingerprint density at radius 2 is 1.90 bits per heavy atom. The molecule has 1 aliphatic carbocycles. The molecule has 3 rings (SSSR count). The normalized spacial score (nSPS) is 13.0. The van der Waals surface area contributed by atoms with Gasteiger partial charge in [0, 0.05) is 17.8 Å². The summed E-state index contributed by atoms with van der Waals surface area (Å²) in [6.07, 6.45) is 3.47. The van der Waals surface area contributed by atoms with Crippen LogP contribution in [0.1, 0.15) is 17.5 Å². The van der Waals surface area contributed by atoms with Gasteiger partial charge >= 0.3 is 0 Å². The van der Waals surface area contributed by atoms with Crippen molar-refractivity contribution >= 4 is 22.7 Å². The number of fused-ring (bicyclic) bond motifs is 1. The van der Waals surface area contributed by atoms with Crippen LogP contribution < -0.4 is 11.1 Å². The van der Waals surface area contributed by atoms with Gasteiger partial charge in [-0.3, -0.25) is 10.1 Å². The van der Waals surface area contributed by atoms with Crippen LogP contribution in [0.25, 0.3) is 0 Å². The smallest absolute Gasteiger partial charge is 0.271 e. The minimum absolute atomic E-state index is 0.00185. The minimum Gasteiger partial charge on any atom is -0.397 e. The fraction of sp³-hybridized carbons (Fsp3) is 0.200. The lowest BCUT2D eigenvalue weighted by Gasteiger charge is -2.10. The molecule has 2 aromatic carbocycles. The Balaban J connectivity index is 1.86. The highest BCUT2D eigenvalue weighted by atomic mass is 16.6. The van der Waals surface area contributed by atoms with Gasteiger partial charge in [-0.1, -0.05) is 6.07 Å². The van der Waals surface area contributed by atoms with Crippen molar-refractivity contribution in [1.29, 1.82) is 0 Å². The van der Waals surface area contributed by atoms with Crippen molar-refractivity contribution in [2.75, 3.05) is 11.1 Å². The lowest BCUT2D eigenvalue weighted by molar-refractivity contribution is -0.384. The van der Waals surface area contributed by atoms with E-state index in [9.17, 15) is 10.1 Å². The van der Waals surface area contributed by atoms with Crippen LogP contribution in [0.5, 0.6) is 0 Å². The zero-order chi connectivity index (χ0) is 14.1. The zero-order valence-corrected chi connectivity index (χ0v) is 10.9. The molecule has 0 saturated carbocycles. The number of aryl methyl sites for hydroxylation is 2. The van der Waals surface area contributed by atoms with Crippen LogP contribution in [0.3, 0.4) is 0 Å². The number of anilines is 3. The van der Waals surface area contributed by atoms with E-state index >= 15 is 0 Å². The third-order valence-corrected chi connectivity index (χ3v) is 3.62. The molecule has 0 heterocycles. The summed E-state index contributed by atoms with van der Waals surface area (Å²) in [7, 11) is 0. The average Bonchev–Trinajstić information content (AvgIpc) is 2.88. The number of rotatable bonds is 3. The lowest BCUT2D eigenvalue weighted by Crippen LogP contribution is -1.98. The fourth-order valence-electron chi connectivity index (χ4n) is 2.58. The quantitative estimate of drug-likeness (QED) is 0.508. The molecule has 0 saturated heterocycles. The highest BCUT2D eigenvalue weighted by Gasteiger charge is 2.12. The van der Waals surface area contributed by atoms with E-state index in [1.807, 2.05) is 6.07 Å². The minimum atomic E-state index is -0.449. The largest absolute Gasteiger partial charge is 0.397 e. The zero-order valence-electron chi connectivity index (χ0n) is 10.9. The summed E-state index contributed by atoms with van der Waals surface area (Å²) >= 11 is 0. The summed E-state index contributed by atoms with van der Waals surface area (Å²) in [5, 5.41) is 13.9. The van der Waals surface area contributed by atoms with Crippen LogP contribution in [0.2, 0.25) is 0 Å². The first-order valence-electron chi connectivity index (χ1n) is 6.56. The third kappa shape index (κ3) is 2.30. The molecule has 3 N–H and O–H groups in total. The molecular weight excluding hydrogens is 254 g/mol. The number of nitro benzene ring substituents is 1. The molecular formula is C15H15N3O2. The van der Waals surface area contributed by atoms with E-state index in [4.69, 9.17) is 5.73 Å². The van der Waals surface area contributed by atoms with E-state index in [1.54, 1.807) is 6.07 Å². The number of nitrogens with two attached hydrogens (primary N) is 1. The van der Waals surface area contributed by atoms with Crippen LogP contribution in [-0.4, -0.2) is 4.92 Å². The first-order chi connectivity index (χ1) is 9.63. The van der Waals surface area contributed by atoms with Gasteiger partial charge in [0.15, 0.2) is 0 Å². The first-order valence-corrected chi connectivity index (χ1v) is 6.56. The fourth-order valence-corrected chi connectivity index (χ4v) is 2.58. The SMILES string of the molecule is Nc1cc([N+](=O)[O-])ccc1Nc1ccc2c(c1)CCC2. The molecule has 0 bridgehead atoms. The second kappa shape index (κ2) is 4.85. The summed E-state index contributed by atoms with van der Waals surface area (Å²) < 4.78 is 0. The van der Waals surface area contributed by atoms with Gasteiger partial charge in [0.2, 0.25) is 0 Å². The van der Waals surface area contributed by atoms with Gasteiger partial charge in [0.25, 0.3) is 5.69 Å². The van der Waals surface area contributed by atoms with Crippen LogP contribution in [0.15, 0.2) is 36.4 Å². The number of hydrogen-bond donors (Lipinski definition) is 2. The summed E-state index contributed by atoms with van der Waals surface area (Å²) in [5.41, 5.74) is 10.7. The van der Waals surface area contributed by atoms with E-state index < -0.39 is 4.92 Å². The van der Waals surface area contributed by atoms with Gasteiger partial charge in [-0.15, -0.1) is 0 Å². The maximum absolute atomic E-state index is 10.7. The van der Waals surface area contributed by atoms with Gasteiger partial charge in [-0.05, 0) is 48.6 Å². The molecule has 0 aromatic heterocycles. The van der Waals surface area contributed by atoms with Gasteiger partial charge in [0.05, 0.1) is 16.3 Å². The second-order valence-corrected chi connectivity index (χ2v) is 4.99. The van der Waals surface area contributed by atoms with E-state index in [1.165, 1.54) is 29.7 Å². The van der Waals surface area contributed by atoms with Gasteiger partial charge in [0.1, 0.15) is 0 Å². The van der Waals surface area contributed by atoms with E-state index in [-0.39, 0.29) is 5.69 Å². The second-order valence-electron chi connectivity index (χ2n) is 4.99. The molecule has 0 spiro atoms. The Morgan fingerprint density at radius 3 is 2.65 bits per heavy atom. The summed E-state index contributed by atoms with van der Waals surface area (Å²) in [5.74, 6) is 0. The van der Waals surface area contributed by atoms with Gasteiger partial charge in [-0.2, -0.15) is 0 Å². The van der Waals surface area contributed by atoms with Crippen LogP contribution in [0, 0.1) is 10.1 Å². The van der Waals surface area contributed by atoms with Crippen LogP contribution in [-0.2, 0) is 12.8 Å². The molecule has 5 nitrogen and oxygen atoms in total. The average molecular weight is 269 g/mol. The molecule has 0 unspecified atom stereocenters. The Morgan fingerprint density at radius 1 is 1.10 bits per heavy atom. The van der Waals surface area contributed by atoms with Gasteiger partial charge in [-0.25, -0.2) is 0 Å². The van der Waals surface area contributed by atoms with E-state index in [0.717, 1.165) is 18.5 Å². The molecule has 0 fully saturated rings. The number of nitrogen functional groups attached to an aromatic ring is 1. The monoisotopic (exact) mass is 269 g/mol. The van der Waals surface area contributed by atoms with Crippen molar-refractivity contribution in [2.24, 2.45) is 0 Å². The van der Waals surface area contributed by atoms with E-state index in [0.29, 0.717) is 11.4 Å². The first kappa shape index (κ1) is 12.5. The lowest BCUT2D eigenvalue weighted by atomic mass is 10.1. The molecule has 0 amide bonds. The summed E-state index contributed by atoms with van der Waals surface area (Å²) in [4.78, 5) is 10.2. The van der Waals surface area contributed by atoms with Gasteiger partial charge < -0.3 is 11.1 Å². The highest BCUT2D eigenvalue weighted by molar-refractivity contribution is 5.75. The highest BCUT2D eigenvalue weighted by Crippen LogP contribution is 2.30. The van der Waals surface area contributed by atoms with Crippen molar-refractivity contribution in [3.8, 4) is 0 Å². The number of non-ortho nitro benzene ring substituents is 1. The summed E-state index contributed by atoms with van der Waals surface area (Å²) in [6, 6.07) is 10.7. The maximum atomic E-state index is 10.7. The van der Waals surface area contributed by atoms with Crippen molar-refractivity contribution in [3.05, 3.63) is 57.6 Å². The van der Waals surface area contributed by atoms with Crippen molar-refractivity contribution in [1.82, 2.24) is 0 Å². The van der Waals surface area contributed by atoms with Crippen LogP contribution >= 0.6 is 0 Å². The number of hydrogen-bond acceptors (Lipinski definition) is 4. The standard InChI is InChI=1S/C15H15N3O2/c16-14-9-13(18(19)20)6-7-15(14)17-12-5-4-10-2-1-3-11(10)8-12/h4-9,17H,1-3,16H2. The number of benzene rings is 2. The molecule has 0 aliphatic heterocycles. The predicted molar refractivity (Wildman–Crippen MR) is 79.3 cm³/mol. The van der Waals surface area contributed by atoms with Crippen molar-refractivity contribution < 1.29 is 4.92 Å². The maximum Gasteiger partial charge on any atom is 0.271 e. The predicted octanol–water partition coefficient (Wildman–Crippen LogP) is 3.41. The molecule has 2 aromatic rings. The number of nitrogens with zero attached hydrogens (tertiary/aromatic N) is 1. The molecule has 0 atom stereocenters. The molecule has 102 valence electrons. The Bertz CT molecular complexity index is 683. The van der Waals surface area contributed by atoms with Crippen molar-refractivity contribution in [3.63, 3.8) is 0 Å². The molecule has 1 aliphatic rings. The number of nitro groups is 1.